The quantitative estimate of drug-likeness (QED) is 0.688. The van der Waals surface area contributed by atoms with Crippen LogP contribution in [0.2, 0.25) is 5.02 Å². The first-order chi connectivity index (χ1) is 9.88. The number of halogens is 4. The van der Waals surface area contributed by atoms with E-state index >= 15 is 0 Å². The highest BCUT2D eigenvalue weighted by atomic mass is 35.5. The Balaban J connectivity index is 2.17. The molecule has 2 rings (SSSR count). The van der Waals surface area contributed by atoms with Crippen LogP contribution < -0.4 is 5.43 Å². The van der Waals surface area contributed by atoms with E-state index in [2.05, 4.69) is 20.5 Å². The molecule has 2 heterocycles. The van der Waals surface area contributed by atoms with Crippen molar-refractivity contribution >= 4 is 23.1 Å². The highest BCUT2D eigenvalue weighted by molar-refractivity contribution is 6.33. The normalized spacial score (nSPS) is 12.3. The first-order valence-corrected chi connectivity index (χ1v) is 6.19. The summed E-state index contributed by atoms with van der Waals surface area (Å²) in [7, 11) is 0. The van der Waals surface area contributed by atoms with E-state index in [9.17, 15) is 13.2 Å². The number of hydrogen-bond donors (Lipinski definition) is 1. The summed E-state index contributed by atoms with van der Waals surface area (Å²) < 4.78 is 37.4. The molecule has 0 fully saturated rings. The molecule has 8 heteroatoms. The molecule has 0 radical (unpaired) electrons. The van der Waals surface area contributed by atoms with Crippen molar-refractivity contribution in [2.75, 3.05) is 5.43 Å². The number of alkyl halides is 3. The second-order valence-electron chi connectivity index (χ2n) is 4.10. The molecule has 0 aliphatic rings. The number of rotatable bonds is 3. The molecule has 4 nitrogen and oxygen atoms in total. The molecule has 2 aromatic rings. The van der Waals surface area contributed by atoms with Crippen LogP contribution >= 0.6 is 11.6 Å². The van der Waals surface area contributed by atoms with Gasteiger partial charge in [-0.15, -0.1) is 0 Å². The number of nitrogens with one attached hydrogen (secondary N) is 1. The second kappa shape index (κ2) is 6.09. The van der Waals surface area contributed by atoms with Crippen LogP contribution in [0.5, 0.6) is 0 Å². The lowest BCUT2D eigenvalue weighted by Gasteiger charge is -2.09. The maximum Gasteiger partial charge on any atom is 0.417 e. The smallest absolute Gasteiger partial charge is 0.264 e. The largest absolute Gasteiger partial charge is 0.417 e. The highest BCUT2D eigenvalue weighted by Gasteiger charge is 2.31. The van der Waals surface area contributed by atoms with Gasteiger partial charge in [0.1, 0.15) is 0 Å². The predicted octanol–water partition coefficient (Wildman–Crippen LogP) is 3.98. The second-order valence-corrected chi connectivity index (χ2v) is 4.51. The lowest BCUT2D eigenvalue weighted by molar-refractivity contribution is -0.137. The monoisotopic (exact) mass is 314 g/mol. The molecule has 21 heavy (non-hydrogen) atoms. The first-order valence-electron chi connectivity index (χ1n) is 5.81. The van der Waals surface area contributed by atoms with Gasteiger partial charge < -0.3 is 0 Å². The van der Waals surface area contributed by atoms with E-state index in [1.807, 2.05) is 0 Å². The molecule has 0 saturated carbocycles. The summed E-state index contributed by atoms with van der Waals surface area (Å²) in [4.78, 5) is 7.57. The minimum atomic E-state index is -4.48. The summed E-state index contributed by atoms with van der Waals surface area (Å²) in [6.07, 6.45) is -0.548. The van der Waals surface area contributed by atoms with Gasteiger partial charge in [-0.25, -0.2) is 4.98 Å². The molecule has 0 unspecified atom stereocenters. The Morgan fingerprint density at radius 2 is 2.10 bits per heavy atom. The van der Waals surface area contributed by atoms with Crippen molar-refractivity contribution in [3.05, 3.63) is 52.9 Å². The van der Waals surface area contributed by atoms with Gasteiger partial charge in [0.05, 0.1) is 16.3 Å². The molecule has 0 aliphatic heterocycles. The van der Waals surface area contributed by atoms with Gasteiger partial charge >= 0.3 is 6.18 Å². The Bertz CT molecular complexity index is 656. The van der Waals surface area contributed by atoms with E-state index in [0.717, 1.165) is 11.6 Å². The van der Waals surface area contributed by atoms with Gasteiger partial charge in [0.15, 0.2) is 5.82 Å². The van der Waals surface area contributed by atoms with Crippen LogP contribution in [-0.2, 0) is 6.18 Å². The average molecular weight is 315 g/mol. The van der Waals surface area contributed by atoms with Gasteiger partial charge in [-0.1, -0.05) is 17.7 Å². The van der Waals surface area contributed by atoms with Gasteiger partial charge in [0, 0.05) is 24.2 Å². The average Bonchev–Trinajstić information content (AvgIpc) is 2.45. The highest BCUT2D eigenvalue weighted by Crippen LogP contribution is 2.32. The van der Waals surface area contributed by atoms with Crippen molar-refractivity contribution in [2.45, 2.75) is 13.1 Å². The fraction of sp³-hybridized carbons (Fsp3) is 0.154. The molecule has 0 amide bonds. The van der Waals surface area contributed by atoms with E-state index in [1.165, 1.54) is 0 Å². The first kappa shape index (κ1) is 15.2. The molecule has 0 saturated heterocycles. The van der Waals surface area contributed by atoms with E-state index in [0.29, 0.717) is 11.9 Å². The van der Waals surface area contributed by atoms with Crippen LogP contribution in [0.1, 0.15) is 18.1 Å². The molecule has 0 spiro atoms. The summed E-state index contributed by atoms with van der Waals surface area (Å²) >= 11 is 5.76. The zero-order chi connectivity index (χ0) is 15.5. The number of aromatic nitrogens is 2. The molecule has 0 bridgehead atoms. The molecular formula is C13H10ClF3N4. The fourth-order valence-electron chi connectivity index (χ4n) is 1.45. The Morgan fingerprint density at radius 1 is 1.33 bits per heavy atom. The summed E-state index contributed by atoms with van der Waals surface area (Å²) in [5, 5.41) is 3.86. The van der Waals surface area contributed by atoms with Crippen LogP contribution in [0.25, 0.3) is 0 Å². The van der Waals surface area contributed by atoms with Gasteiger partial charge in [-0.3, -0.25) is 10.4 Å². The molecule has 0 aliphatic carbocycles. The fourth-order valence-corrected chi connectivity index (χ4v) is 1.66. The predicted molar refractivity (Wildman–Crippen MR) is 74.3 cm³/mol. The van der Waals surface area contributed by atoms with Gasteiger partial charge in [-0.05, 0) is 19.1 Å². The minimum Gasteiger partial charge on any atom is -0.264 e. The summed E-state index contributed by atoms with van der Waals surface area (Å²) in [5.41, 5.74) is 3.00. The van der Waals surface area contributed by atoms with Crippen molar-refractivity contribution in [3.63, 3.8) is 0 Å². The Kier molecular flexibility index (Phi) is 4.42. The van der Waals surface area contributed by atoms with Crippen molar-refractivity contribution in [1.82, 2.24) is 9.97 Å². The maximum atomic E-state index is 12.5. The zero-order valence-corrected chi connectivity index (χ0v) is 11.6. The molecule has 110 valence electrons. The van der Waals surface area contributed by atoms with Crippen molar-refractivity contribution < 1.29 is 13.2 Å². The summed E-state index contributed by atoms with van der Waals surface area (Å²) in [6.45, 7) is 1.72. The number of nitrogens with zero attached hydrogens (tertiary/aromatic N) is 3. The lowest BCUT2D eigenvalue weighted by atomic mass is 10.2. The van der Waals surface area contributed by atoms with Crippen LogP contribution in [0.4, 0.5) is 19.0 Å². The molecule has 0 aromatic carbocycles. The van der Waals surface area contributed by atoms with E-state index in [-0.39, 0.29) is 10.8 Å². The number of pyridine rings is 2. The van der Waals surface area contributed by atoms with Crippen molar-refractivity contribution in [3.8, 4) is 0 Å². The van der Waals surface area contributed by atoms with E-state index in [1.54, 1.807) is 31.5 Å². The van der Waals surface area contributed by atoms with Crippen LogP contribution in [0.3, 0.4) is 0 Å². The SMILES string of the molecule is C/C(=N/Nc1ncc(C(F)(F)F)cc1Cl)c1cccnc1. The third kappa shape index (κ3) is 3.91. The zero-order valence-electron chi connectivity index (χ0n) is 10.8. The van der Waals surface area contributed by atoms with Gasteiger partial charge in [0.2, 0.25) is 0 Å². The molecule has 0 atom stereocenters. The minimum absolute atomic E-state index is 0.0490. The molecule has 2 aromatic heterocycles. The Morgan fingerprint density at radius 3 is 2.67 bits per heavy atom. The standard InChI is InChI=1S/C13H10ClF3N4/c1-8(9-3-2-4-18-6-9)20-21-12-11(14)5-10(7-19-12)13(15,16)17/h2-7H,1H3,(H,19,21)/b20-8-. The van der Waals surface area contributed by atoms with E-state index in [4.69, 9.17) is 11.6 Å². The lowest BCUT2D eigenvalue weighted by Crippen LogP contribution is -2.07. The molecular weight excluding hydrogens is 305 g/mol. The van der Waals surface area contributed by atoms with Crippen LogP contribution in [0, 0.1) is 0 Å². The Labute approximate surface area is 123 Å². The summed E-state index contributed by atoms with van der Waals surface area (Å²) in [5.74, 6) is 0.0490. The Hall–Kier alpha value is -2.15. The van der Waals surface area contributed by atoms with E-state index < -0.39 is 11.7 Å². The third-order valence-corrected chi connectivity index (χ3v) is 2.87. The van der Waals surface area contributed by atoms with Crippen molar-refractivity contribution in [2.24, 2.45) is 5.10 Å². The van der Waals surface area contributed by atoms with Gasteiger partial charge in [-0.2, -0.15) is 18.3 Å². The van der Waals surface area contributed by atoms with Gasteiger partial charge in [0.25, 0.3) is 0 Å². The number of hydrogen-bond acceptors (Lipinski definition) is 4. The van der Waals surface area contributed by atoms with Crippen LogP contribution in [0.15, 0.2) is 41.9 Å². The maximum absolute atomic E-state index is 12.5. The topological polar surface area (TPSA) is 50.2 Å². The number of anilines is 1. The van der Waals surface area contributed by atoms with Crippen LogP contribution in [-0.4, -0.2) is 15.7 Å². The van der Waals surface area contributed by atoms with Crippen molar-refractivity contribution in [1.29, 1.82) is 0 Å². The number of hydrazone groups is 1. The summed E-state index contributed by atoms with van der Waals surface area (Å²) in [6, 6.07) is 4.35. The molecule has 1 N–H and O–H groups in total. The third-order valence-electron chi connectivity index (χ3n) is 2.58.